The van der Waals surface area contributed by atoms with E-state index in [0.29, 0.717) is 39.9 Å². The SMILES string of the molecule is COc1cc(/C=C2\N=C(c3ccc(NC(C)=O)cc3)OC2=O)cc(Cl)c1OCc1cccc(Br)c1. The second-order valence-corrected chi connectivity index (χ2v) is 8.87. The minimum atomic E-state index is -0.587. The van der Waals surface area contributed by atoms with Gasteiger partial charge < -0.3 is 19.5 Å². The quantitative estimate of drug-likeness (QED) is 0.286. The van der Waals surface area contributed by atoms with Crippen molar-refractivity contribution in [3.63, 3.8) is 0 Å². The molecule has 0 saturated heterocycles. The van der Waals surface area contributed by atoms with Gasteiger partial charge in [-0.2, -0.15) is 0 Å². The molecule has 178 valence electrons. The van der Waals surface area contributed by atoms with Crippen LogP contribution in [0.3, 0.4) is 0 Å². The van der Waals surface area contributed by atoms with Gasteiger partial charge in [0.1, 0.15) is 6.61 Å². The van der Waals surface area contributed by atoms with Gasteiger partial charge in [0.15, 0.2) is 17.2 Å². The van der Waals surface area contributed by atoms with Gasteiger partial charge >= 0.3 is 5.97 Å². The summed E-state index contributed by atoms with van der Waals surface area (Å²) in [6, 6.07) is 17.9. The first kappa shape index (κ1) is 24.5. The number of hydrogen-bond acceptors (Lipinski definition) is 6. The van der Waals surface area contributed by atoms with Gasteiger partial charge in [-0.1, -0.05) is 39.7 Å². The van der Waals surface area contributed by atoms with E-state index in [9.17, 15) is 9.59 Å². The Hall–Kier alpha value is -3.62. The lowest BCUT2D eigenvalue weighted by molar-refractivity contribution is -0.129. The summed E-state index contributed by atoms with van der Waals surface area (Å²) in [6.07, 6.45) is 1.56. The lowest BCUT2D eigenvalue weighted by Crippen LogP contribution is -2.07. The summed E-state index contributed by atoms with van der Waals surface area (Å²) >= 11 is 9.92. The van der Waals surface area contributed by atoms with Crippen LogP contribution in [-0.2, 0) is 20.9 Å². The third-order valence-electron chi connectivity index (χ3n) is 4.90. The van der Waals surface area contributed by atoms with Gasteiger partial charge in [-0.3, -0.25) is 4.79 Å². The van der Waals surface area contributed by atoms with E-state index in [1.165, 1.54) is 14.0 Å². The van der Waals surface area contributed by atoms with E-state index in [1.807, 2.05) is 24.3 Å². The lowest BCUT2D eigenvalue weighted by Gasteiger charge is -2.13. The third kappa shape index (κ3) is 6.09. The summed E-state index contributed by atoms with van der Waals surface area (Å²) in [7, 11) is 1.51. The molecule has 0 saturated carbocycles. The Balaban J connectivity index is 1.55. The number of methoxy groups -OCH3 is 1. The third-order valence-corrected chi connectivity index (χ3v) is 5.67. The fraction of sp³-hybridized carbons (Fsp3) is 0.115. The molecule has 0 bridgehead atoms. The smallest absolute Gasteiger partial charge is 0.363 e. The molecule has 3 aromatic rings. The van der Waals surface area contributed by atoms with Crippen LogP contribution in [0, 0.1) is 0 Å². The minimum absolute atomic E-state index is 0.117. The molecule has 0 aliphatic carbocycles. The first-order valence-corrected chi connectivity index (χ1v) is 11.6. The molecule has 0 radical (unpaired) electrons. The van der Waals surface area contributed by atoms with Crippen molar-refractivity contribution in [3.8, 4) is 11.5 Å². The number of halogens is 2. The largest absolute Gasteiger partial charge is 0.493 e. The van der Waals surface area contributed by atoms with Crippen LogP contribution in [0.1, 0.15) is 23.6 Å². The zero-order valence-corrected chi connectivity index (χ0v) is 21.1. The summed E-state index contributed by atoms with van der Waals surface area (Å²) in [4.78, 5) is 27.9. The maximum Gasteiger partial charge on any atom is 0.363 e. The molecule has 35 heavy (non-hydrogen) atoms. The number of cyclic esters (lactones) is 1. The summed E-state index contributed by atoms with van der Waals surface area (Å²) in [6.45, 7) is 1.73. The Morgan fingerprint density at radius 1 is 1.17 bits per heavy atom. The lowest BCUT2D eigenvalue weighted by atomic mass is 10.1. The number of carbonyl (C=O) groups excluding carboxylic acids is 2. The van der Waals surface area contributed by atoms with Gasteiger partial charge in [0.2, 0.25) is 11.8 Å². The number of benzene rings is 3. The normalized spacial score (nSPS) is 13.9. The highest BCUT2D eigenvalue weighted by Gasteiger charge is 2.24. The highest BCUT2D eigenvalue weighted by molar-refractivity contribution is 9.10. The van der Waals surface area contributed by atoms with E-state index < -0.39 is 5.97 Å². The van der Waals surface area contributed by atoms with E-state index in [4.69, 9.17) is 25.8 Å². The van der Waals surface area contributed by atoms with Crippen LogP contribution in [0.2, 0.25) is 5.02 Å². The number of ether oxygens (including phenoxy) is 3. The van der Waals surface area contributed by atoms with E-state index in [1.54, 1.807) is 42.5 Å². The van der Waals surface area contributed by atoms with Crippen molar-refractivity contribution in [2.45, 2.75) is 13.5 Å². The molecule has 0 fully saturated rings. The van der Waals surface area contributed by atoms with Crippen LogP contribution < -0.4 is 14.8 Å². The highest BCUT2D eigenvalue weighted by Crippen LogP contribution is 2.38. The summed E-state index contributed by atoms with van der Waals surface area (Å²) in [5, 5.41) is 3.01. The van der Waals surface area contributed by atoms with Gasteiger partial charge in [0.05, 0.1) is 12.1 Å². The number of anilines is 1. The number of esters is 1. The molecule has 1 aliphatic heterocycles. The maximum atomic E-state index is 12.4. The molecule has 3 aromatic carbocycles. The molecule has 1 N–H and O–H groups in total. The molecule has 1 amide bonds. The van der Waals surface area contributed by atoms with Gasteiger partial charge in [-0.25, -0.2) is 9.79 Å². The molecule has 0 aromatic heterocycles. The van der Waals surface area contributed by atoms with Gasteiger partial charge in [-0.05, 0) is 65.7 Å². The Morgan fingerprint density at radius 2 is 1.94 bits per heavy atom. The Bertz CT molecular complexity index is 1350. The van der Waals surface area contributed by atoms with Crippen molar-refractivity contribution < 1.29 is 23.8 Å². The van der Waals surface area contributed by atoms with Crippen LogP contribution in [0.4, 0.5) is 5.69 Å². The van der Waals surface area contributed by atoms with E-state index >= 15 is 0 Å². The fourth-order valence-electron chi connectivity index (χ4n) is 3.34. The molecule has 1 heterocycles. The minimum Gasteiger partial charge on any atom is -0.493 e. The average Bonchev–Trinajstić information content (AvgIpc) is 3.18. The monoisotopic (exact) mass is 554 g/mol. The maximum absolute atomic E-state index is 12.4. The van der Waals surface area contributed by atoms with Gasteiger partial charge in [0, 0.05) is 22.6 Å². The van der Waals surface area contributed by atoms with E-state index in [-0.39, 0.29) is 17.5 Å². The molecule has 0 atom stereocenters. The van der Waals surface area contributed by atoms with Crippen LogP contribution in [-0.4, -0.2) is 24.9 Å². The second kappa shape index (κ2) is 10.8. The molecule has 0 spiro atoms. The van der Waals surface area contributed by atoms with Crippen molar-refractivity contribution in [3.05, 3.63) is 92.5 Å². The summed E-state index contributed by atoms with van der Waals surface area (Å²) in [5.41, 5.74) is 2.91. The number of hydrogen-bond donors (Lipinski definition) is 1. The Kier molecular flexibility index (Phi) is 7.53. The molecular weight excluding hydrogens is 536 g/mol. The first-order valence-electron chi connectivity index (χ1n) is 10.5. The predicted molar refractivity (Wildman–Crippen MR) is 138 cm³/mol. The highest BCUT2D eigenvalue weighted by atomic mass is 79.9. The number of amides is 1. The molecule has 0 unspecified atom stereocenters. The zero-order chi connectivity index (χ0) is 24.9. The van der Waals surface area contributed by atoms with Gasteiger partial charge in [-0.15, -0.1) is 0 Å². The summed E-state index contributed by atoms with van der Waals surface area (Å²) < 4.78 is 17.7. The van der Waals surface area contributed by atoms with Crippen LogP contribution >= 0.6 is 27.5 Å². The van der Waals surface area contributed by atoms with E-state index in [2.05, 4.69) is 26.2 Å². The number of aliphatic imine (C=N–C) groups is 1. The Labute approximate surface area is 215 Å². The van der Waals surface area contributed by atoms with E-state index in [0.717, 1.165) is 10.0 Å². The topological polar surface area (TPSA) is 86.2 Å². The summed E-state index contributed by atoms with van der Waals surface area (Å²) in [5.74, 6) is 0.224. The number of rotatable bonds is 7. The van der Waals surface area contributed by atoms with Crippen molar-refractivity contribution in [1.82, 2.24) is 0 Å². The second-order valence-electron chi connectivity index (χ2n) is 7.55. The standard InChI is InChI=1S/C26H20BrClN2O5/c1-15(31)29-20-8-6-18(7-9-20)25-30-22(26(32)35-25)12-17-11-21(28)24(23(13-17)33-2)34-14-16-4-3-5-19(27)10-16/h3-13H,14H2,1-2H3,(H,29,31)/b22-12-. The molecule has 7 nitrogen and oxygen atoms in total. The zero-order valence-electron chi connectivity index (χ0n) is 18.8. The number of nitrogens with zero attached hydrogens (tertiary/aromatic N) is 1. The number of nitrogens with one attached hydrogen (secondary N) is 1. The van der Waals surface area contributed by atoms with Crippen LogP contribution in [0.5, 0.6) is 11.5 Å². The van der Waals surface area contributed by atoms with Gasteiger partial charge in [0.25, 0.3) is 0 Å². The number of carbonyl (C=O) groups is 2. The fourth-order valence-corrected chi connectivity index (χ4v) is 4.06. The Morgan fingerprint density at radius 3 is 2.63 bits per heavy atom. The van der Waals surface area contributed by atoms with Crippen LogP contribution in [0.25, 0.3) is 6.08 Å². The van der Waals surface area contributed by atoms with Crippen molar-refractivity contribution in [2.24, 2.45) is 4.99 Å². The molecule has 4 rings (SSSR count). The molecule has 1 aliphatic rings. The van der Waals surface area contributed by atoms with Crippen molar-refractivity contribution in [2.75, 3.05) is 12.4 Å². The molecule has 9 heteroatoms. The first-order chi connectivity index (χ1) is 16.8. The van der Waals surface area contributed by atoms with Crippen molar-refractivity contribution in [1.29, 1.82) is 0 Å². The van der Waals surface area contributed by atoms with Crippen LogP contribution in [0.15, 0.2) is 75.8 Å². The average molecular weight is 556 g/mol. The van der Waals surface area contributed by atoms with Crippen molar-refractivity contribution >= 4 is 57.1 Å². The predicted octanol–water partition coefficient (Wildman–Crippen LogP) is 5.99. The molecular formula is C26H20BrClN2O5.